The van der Waals surface area contributed by atoms with Crippen molar-refractivity contribution in [1.82, 2.24) is 9.88 Å². The average molecular weight is 254 g/mol. The van der Waals surface area contributed by atoms with Crippen molar-refractivity contribution in [3.63, 3.8) is 0 Å². The number of carbonyl (C=O) groups is 1. The Morgan fingerprint density at radius 2 is 2.11 bits per heavy atom. The van der Waals surface area contributed by atoms with E-state index in [1.54, 1.807) is 18.0 Å². The third kappa shape index (κ3) is 3.26. The van der Waals surface area contributed by atoms with Crippen LogP contribution in [0.3, 0.4) is 0 Å². The van der Waals surface area contributed by atoms with Gasteiger partial charge >= 0.3 is 5.97 Å². The van der Waals surface area contributed by atoms with E-state index in [9.17, 15) is 9.18 Å². The molecule has 5 heteroatoms. The summed E-state index contributed by atoms with van der Waals surface area (Å²) in [7, 11) is 1.77. The summed E-state index contributed by atoms with van der Waals surface area (Å²) < 4.78 is 12.8. The highest BCUT2D eigenvalue weighted by Crippen LogP contribution is 2.24. The number of pyridine rings is 1. The number of aliphatic carboxylic acids is 1. The number of aromatic nitrogens is 1. The van der Waals surface area contributed by atoms with Crippen molar-refractivity contribution >= 4 is 5.97 Å². The summed E-state index contributed by atoms with van der Waals surface area (Å²) in [4.78, 5) is 17.0. The Labute approximate surface area is 106 Å². The van der Waals surface area contributed by atoms with E-state index in [-0.39, 0.29) is 11.9 Å². The zero-order chi connectivity index (χ0) is 13.7. The standard InChI is InChI=1S/C13H19FN2O2/c1-4-11(10-7-6-9(14)8-15-10)16(3)12(5-2)13(17)18/h6-8,11-12H,4-5H2,1-3H3,(H,17,18). The largest absolute Gasteiger partial charge is 0.480 e. The third-order valence-electron chi connectivity index (χ3n) is 3.13. The lowest BCUT2D eigenvalue weighted by Gasteiger charge is -2.31. The summed E-state index contributed by atoms with van der Waals surface area (Å²) in [5.41, 5.74) is 0.695. The quantitative estimate of drug-likeness (QED) is 0.847. The van der Waals surface area contributed by atoms with Gasteiger partial charge in [-0.15, -0.1) is 0 Å². The Balaban J connectivity index is 2.95. The minimum atomic E-state index is -0.847. The van der Waals surface area contributed by atoms with Crippen LogP contribution in [0.4, 0.5) is 4.39 Å². The van der Waals surface area contributed by atoms with Gasteiger partial charge in [0.15, 0.2) is 0 Å². The van der Waals surface area contributed by atoms with E-state index in [1.165, 1.54) is 6.07 Å². The van der Waals surface area contributed by atoms with E-state index in [0.29, 0.717) is 12.1 Å². The first-order valence-electron chi connectivity index (χ1n) is 6.07. The topological polar surface area (TPSA) is 53.4 Å². The van der Waals surface area contributed by atoms with Gasteiger partial charge in [-0.3, -0.25) is 14.7 Å². The van der Waals surface area contributed by atoms with Crippen molar-refractivity contribution in [3.05, 3.63) is 29.8 Å². The van der Waals surface area contributed by atoms with Gasteiger partial charge in [0.05, 0.1) is 17.9 Å². The van der Waals surface area contributed by atoms with Gasteiger partial charge in [0, 0.05) is 0 Å². The van der Waals surface area contributed by atoms with Gasteiger partial charge in [0.1, 0.15) is 11.9 Å². The Bertz CT molecular complexity index is 394. The molecule has 1 heterocycles. The van der Waals surface area contributed by atoms with Crippen LogP contribution >= 0.6 is 0 Å². The van der Waals surface area contributed by atoms with Crippen LogP contribution in [-0.4, -0.2) is 34.0 Å². The second kappa shape index (κ2) is 6.44. The molecule has 2 atom stereocenters. The lowest BCUT2D eigenvalue weighted by atomic mass is 10.1. The smallest absolute Gasteiger partial charge is 0.320 e. The van der Waals surface area contributed by atoms with Crippen molar-refractivity contribution in [2.75, 3.05) is 7.05 Å². The highest BCUT2D eigenvalue weighted by molar-refractivity contribution is 5.73. The Morgan fingerprint density at radius 3 is 2.50 bits per heavy atom. The summed E-state index contributed by atoms with van der Waals surface area (Å²) in [5.74, 6) is -1.23. The highest BCUT2D eigenvalue weighted by atomic mass is 19.1. The van der Waals surface area contributed by atoms with Gasteiger partial charge in [0.2, 0.25) is 0 Å². The van der Waals surface area contributed by atoms with Gasteiger partial charge in [-0.2, -0.15) is 0 Å². The first kappa shape index (κ1) is 14.6. The molecule has 0 aliphatic carbocycles. The van der Waals surface area contributed by atoms with Crippen LogP contribution in [0.2, 0.25) is 0 Å². The normalized spacial score (nSPS) is 14.5. The zero-order valence-corrected chi connectivity index (χ0v) is 10.9. The molecule has 0 amide bonds. The summed E-state index contributed by atoms with van der Waals surface area (Å²) in [6, 6.07) is 2.28. The second-order valence-electron chi connectivity index (χ2n) is 4.25. The van der Waals surface area contributed by atoms with E-state index >= 15 is 0 Å². The molecule has 0 fully saturated rings. The molecule has 0 aliphatic rings. The number of carboxylic acids is 1. The van der Waals surface area contributed by atoms with E-state index < -0.39 is 12.0 Å². The Hall–Kier alpha value is -1.49. The molecule has 100 valence electrons. The van der Waals surface area contributed by atoms with Gasteiger partial charge < -0.3 is 5.11 Å². The predicted octanol–water partition coefficient (Wildman–Crippen LogP) is 2.47. The minimum Gasteiger partial charge on any atom is -0.480 e. The molecule has 0 aromatic carbocycles. The number of rotatable bonds is 6. The van der Waals surface area contributed by atoms with Gasteiger partial charge in [-0.25, -0.2) is 4.39 Å². The maximum atomic E-state index is 12.8. The van der Waals surface area contributed by atoms with Crippen molar-refractivity contribution < 1.29 is 14.3 Å². The molecule has 0 spiro atoms. The molecule has 0 saturated heterocycles. The van der Waals surface area contributed by atoms with Crippen LogP contribution in [0.5, 0.6) is 0 Å². The molecule has 0 bridgehead atoms. The molecule has 0 aliphatic heterocycles. The summed E-state index contributed by atoms with van der Waals surface area (Å²) in [6.07, 6.45) is 2.40. The monoisotopic (exact) mass is 254 g/mol. The summed E-state index contributed by atoms with van der Waals surface area (Å²) in [5, 5.41) is 9.16. The maximum absolute atomic E-state index is 12.8. The number of likely N-dealkylation sites (N-methyl/N-ethyl adjacent to an activating group) is 1. The first-order chi connectivity index (χ1) is 8.51. The molecule has 1 aromatic heterocycles. The van der Waals surface area contributed by atoms with Crippen molar-refractivity contribution in [3.8, 4) is 0 Å². The van der Waals surface area contributed by atoms with E-state index in [4.69, 9.17) is 5.11 Å². The zero-order valence-electron chi connectivity index (χ0n) is 10.9. The van der Waals surface area contributed by atoms with Crippen LogP contribution in [0, 0.1) is 5.82 Å². The molecule has 1 aromatic rings. The first-order valence-corrected chi connectivity index (χ1v) is 6.07. The SMILES string of the molecule is CCC(C(=O)O)N(C)C(CC)c1ccc(F)cn1. The summed E-state index contributed by atoms with van der Waals surface area (Å²) >= 11 is 0. The third-order valence-corrected chi connectivity index (χ3v) is 3.13. The van der Waals surface area contributed by atoms with Crippen LogP contribution < -0.4 is 0 Å². The lowest BCUT2D eigenvalue weighted by molar-refractivity contribution is -0.143. The van der Waals surface area contributed by atoms with Crippen molar-refractivity contribution in [1.29, 1.82) is 0 Å². The van der Waals surface area contributed by atoms with Crippen LogP contribution in [0.15, 0.2) is 18.3 Å². The number of hydrogen-bond donors (Lipinski definition) is 1. The fourth-order valence-electron chi connectivity index (χ4n) is 2.14. The predicted molar refractivity (Wildman–Crippen MR) is 66.7 cm³/mol. The second-order valence-corrected chi connectivity index (χ2v) is 4.25. The van der Waals surface area contributed by atoms with Crippen molar-refractivity contribution in [2.45, 2.75) is 38.8 Å². The molecule has 0 saturated carbocycles. The molecular formula is C13H19FN2O2. The summed E-state index contributed by atoms with van der Waals surface area (Å²) in [6.45, 7) is 3.79. The van der Waals surface area contributed by atoms with E-state index in [1.807, 2.05) is 13.8 Å². The molecule has 18 heavy (non-hydrogen) atoms. The highest BCUT2D eigenvalue weighted by Gasteiger charge is 2.27. The fourth-order valence-corrected chi connectivity index (χ4v) is 2.14. The Kier molecular flexibility index (Phi) is 5.22. The molecule has 1 N–H and O–H groups in total. The number of nitrogens with zero attached hydrogens (tertiary/aromatic N) is 2. The molecular weight excluding hydrogens is 235 g/mol. The minimum absolute atomic E-state index is 0.119. The maximum Gasteiger partial charge on any atom is 0.320 e. The van der Waals surface area contributed by atoms with Crippen LogP contribution in [0.25, 0.3) is 0 Å². The van der Waals surface area contributed by atoms with Crippen molar-refractivity contribution in [2.24, 2.45) is 0 Å². The van der Waals surface area contributed by atoms with Crippen LogP contribution in [0.1, 0.15) is 38.4 Å². The number of halogens is 1. The van der Waals surface area contributed by atoms with Gasteiger partial charge in [-0.05, 0) is 32.0 Å². The number of hydrogen-bond acceptors (Lipinski definition) is 3. The van der Waals surface area contributed by atoms with E-state index in [2.05, 4.69) is 4.98 Å². The lowest BCUT2D eigenvalue weighted by Crippen LogP contribution is -2.40. The number of carboxylic acid groups (broad SMARTS) is 1. The Morgan fingerprint density at radius 1 is 1.44 bits per heavy atom. The molecule has 2 unspecified atom stereocenters. The molecule has 4 nitrogen and oxygen atoms in total. The molecule has 1 rings (SSSR count). The van der Waals surface area contributed by atoms with E-state index in [0.717, 1.165) is 12.6 Å². The molecule has 0 radical (unpaired) electrons. The van der Waals surface area contributed by atoms with Crippen LogP contribution in [-0.2, 0) is 4.79 Å². The average Bonchev–Trinajstić information content (AvgIpc) is 2.33. The fraction of sp³-hybridized carbons (Fsp3) is 0.538. The van der Waals surface area contributed by atoms with Gasteiger partial charge in [0.25, 0.3) is 0 Å². The van der Waals surface area contributed by atoms with Gasteiger partial charge in [-0.1, -0.05) is 13.8 Å².